The molecule has 1 atom stereocenters. The van der Waals surface area contributed by atoms with E-state index in [1.807, 2.05) is 12.1 Å². The number of anilines is 1. The first-order valence-electron chi connectivity index (χ1n) is 6.49. The van der Waals surface area contributed by atoms with Crippen molar-refractivity contribution in [1.82, 2.24) is 5.32 Å². The first kappa shape index (κ1) is 12.9. The highest BCUT2D eigenvalue weighted by molar-refractivity contribution is 5.51. The summed E-state index contributed by atoms with van der Waals surface area (Å²) in [6, 6.07) is 10.5. The molecule has 1 saturated heterocycles. The van der Waals surface area contributed by atoms with Crippen LogP contribution in [0.5, 0.6) is 0 Å². The Labute approximate surface area is 109 Å². The molecule has 1 aliphatic rings. The van der Waals surface area contributed by atoms with Gasteiger partial charge in [0.15, 0.2) is 0 Å². The van der Waals surface area contributed by atoms with E-state index in [0.29, 0.717) is 6.04 Å². The second kappa shape index (κ2) is 4.99. The standard InChI is InChI=1S/C15H21N3/c1-12-9-17-10-15(2,3)11-18(12)14-6-4-13(8-16)5-7-14/h4-7,12,17H,9-11H2,1-3H3. The molecule has 3 heteroatoms. The molecule has 0 aromatic heterocycles. The minimum absolute atomic E-state index is 0.263. The van der Waals surface area contributed by atoms with Crippen molar-refractivity contribution in [3.05, 3.63) is 29.8 Å². The van der Waals surface area contributed by atoms with E-state index in [2.05, 4.69) is 49.2 Å². The Morgan fingerprint density at radius 1 is 1.33 bits per heavy atom. The highest BCUT2D eigenvalue weighted by Gasteiger charge is 2.28. The summed E-state index contributed by atoms with van der Waals surface area (Å²) in [5.74, 6) is 0. The van der Waals surface area contributed by atoms with Crippen LogP contribution >= 0.6 is 0 Å². The maximum Gasteiger partial charge on any atom is 0.0991 e. The van der Waals surface area contributed by atoms with Crippen molar-refractivity contribution in [3.63, 3.8) is 0 Å². The van der Waals surface area contributed by atoms with Crippen LogP contribution in [0.15, 0.2) is 24.3 Å². The Kier molecular flexibility index (Phi) is 3.58. The Hall–Kier alpha value is -1.53. The van der Waals surface area contributed by atoms with E-state index in [0.717, 1.165) is 25.2 Å². The first-order valence-corrected chi connectivity index (χ1v) is 6.49. The highest BCUT2D eigenvalue weighted by Crippen LogP contribution is 2.26. The molecular formula is C15H21N3. The van der Waals surface area contributed by atoms with Gasteiger partial charge in [0.25, 0.3) is 0 Å². The molecule has 0 amide bonds. The van der Waals surface area contributed by atoms with Gasteiger partial charge in [-0.1, -0.05) is 13.8 Å². The predicted molar refractivity (Wildman–Crippen MR) is 74.6 cm³/mol. The zero-order valence-electron chi connectivity index (χ0n) is 11.4. The third kappa shape index (κ3) is 2.83. The van der Waals surface area contributed by atoms with E-state index in [1.54, 1.807) is 0 Å². The quantitative estimate of drug-likeness (QED) is 0.823. The molecule has 1 fully saturated rings. The van der Waals surface area contributed by atoms with Gasteiger partial charge in [0, 0.05) is 31.4 Å². The Morgan fingerprint density at radius 3 is 2.61 bits per heavy atom. The second-order valence-electron chi connectivity index (χ2n) is 5.93. The van der Waals surface area contributed by atoms with Crippen LogP contribution in [-0.4, -0.2) is 25.7 Å². The number of rotatable bonds is 1. The molecule has 1 aromatic rings. The molecule has 0 saturated carbocycles. The Morgan fingerprint density at radius 2 is 2.00 bits per heavy atom. The third-order valence-electron chi connectivity index (χ3n) is 3.50. The summed E-state index contributed by atoms with van der Waals surface area (Å²) in [5, 5.41) is 12.4. The molecule has 2 rings (SSSR count). The van der Waals surface area contributed by atoms with Crippen LogP contribution in [0.2, 0.25) is 0 Å². The summed E-state index contributed by atoms with van der Waals surface area (Å²) in [6.45, 7) is 9.90. The van der Waals surface area contributed by atoms with Gasteiger partial charge in [-0.3, -0.25) is 0 Å². The van der Waals surface area contributed by atoms with Crippen molar-refractivity contribution in [2.45, 2.75) is 26.8 Å². The fourth-order valence-electron chi connectivity index (χ4n) is 2.48. The van der Waals surface area contributed by atoms with Gasteiger partial charge in [0.05, 0.1) is 11.6 Å². The zero-order chi connectivity index (χ0) is 13.2. The van der Waals surface area contributed by atoms with Crippen LogP contribution in [0.25, 0.3) is 0 Å². The van der Waals surface area contributed by atoms with Crippen LogP contribution in [0, 0.1) is 16.7 Å². The van der Waals surface area contributed by atoms with E-state index < -0.39 is 0 Å². The number of nitrogens with one attached hydrogen (secondary N) is 1. The van der Waals surface area contributed by atoms with Crippen molar-refractivity contribution in [2.75, 3.05) is 24.5 Å². The molecule has 0 aliphatic carbocycles. The van der Waals surface area contributed by atoms with E-state index in [1.165, 1.54) is 5.69 Å². The lowest BCUT2D eigenvalue weighted by molar-refractivity contribution is 0.369. The monoisotopic (exact) mass is 243 g/mol. The minimum atomic E-state index is 0.263. The molecule has 1 unspecified atom stereocenters. The molecule has 18 heavy (non-hydrogen) atoms. The second-order valence-corrected chi connectivity index (χ2v) is 5.93. The number of nitriles is 1. The van der Waals surface area contributed by atoms with Gasteiger partial charge >= 0.3 is 0 Å². The normalized spacial score (nSPS) is 23.2. The molecule has 0 bridgehead atoms. The lowest BCUT2D eigenvalue weighted by Crippen LogP contribution is -2.39. The molecule has 3 nitrogen and oxygen atoms in total. The van der Waals surface area contributed by atoms with Crippen molar-refractivity contribution in [1.29, 1.82) is 5.26 Å². The van der Waals surface area contributed by atoms with Crippen LogP contribution in [-0.2, 0) is 0 Å². The van der Waals surface area contributed by atoms with E-state index in [-0.39, 0.29) is 5.41 Å². The molecule has 1 aromatic carbocycles. The number of hydrogen-bond donors (Lipinski definition) is 1. The first-order chi connectivity index (χ1) is 8.52. The molecule has 1 N–H and O–H groups in total. The van der Waals surface area contributed by atoms with Gasteiger partial charge in [-0.15, -0.1) is 0 Å². The van der Waals surface area contributed by atoms with Gasteiger partial charge in [0.1, 0.15) is 0 Å². The van der Waals surface area contributed by atoms with Crippen LogP contribution in [0.1, 0.15) is 26.3 Å². The average Bonchev–Trinajstić information content (AvgIpc) is 2.48. The number of hydrogen-bond acceptors (Lipinski definition) is 3. The summed E-state index contributed by atoms with van der Waals surface area (Å²) in [5.41, 5.74) is 2.19. The lowest BCUT2D eigenvalue weighted by Gasteiger charge is -2.34. The van der Waals surface area contributed by atoms with Crippen molar-refractivity contribution in [2.24, 2.45) is 5.41 Å². The maximum atomic E-state index is 8.85. The van der Waals surface area contributed by atoms with Gasteiger partial charge in [-0.05, 0) is 36.6 Å². The maximum absolute atomic E-state index is 8.85. The Balaban J connectivity index is 2.25. The molecule has 1 aliphatic heterocycles. The summed E-state index contributed by atoms with van der Waals surface area (Å²) >= 11 is 0. The largest absolute Gasteiger partial charge is 0.367 e. The topological polar surface area (TPSA) is 39.1 Å². The lowest BCUT2D eigenvalue weighted by atomic mass is 9.93. The summed E-state index contributed by atoms with van der Waals surface area (Å²) in [7, 11) is 0. The van der Waals surface area contributed by atoms with Crippen LogP contribution < -0.4 is 10.2 Å². The van der Waals surface area contributed by atoms with Gasteiger partial charge in [0.2, 0.25) is 0 Å². The minimum Gasteiger partial charge on any atom is -0.367 e. The van der Waals surface area contributed by atoms with Crippen molar-refractivity contribution in [3.8, 4) is 6.07 Å². The summed E-state index contributed by atoms with van der Waals surface area (Å²) < 4.78 is 0. The number of nitrogens with zero attached hydrogens (tertiary/aromatic N) is 2. The van der Waals surface area contributed by atoms with Crippen LogP contribution in [0.3, 0.4) is 0 Å². The summed E-state index contributed by atoms with van der Waals surface area (Å²) in [4.78, 5) is 2.43. The molecule has 0 spiro atoms. The summed E-state index contributed by atoms with van der Waals surface area (Å²) in [6.07, 6.45) is 0. The Bertz CT molecular complexity index is 442. The third-order valence-corrected chi connectivity index (χ3v) is 3.50. The van der Waals surface area contributed by atoms with E-state index >= 15 is 0 Å². The van der Waals surface area contributed by atoms with Gasteiger partial charge in [-0.25, -0.2) is 0 Å². The number of benzene rings is 1. The van der Waals surface area contributed by atoms with E-state index in [4.69, 9.17) is 5.26 Å². The fraction of sp³-hybridized carbons (Fsp3) is 0.533. The molecular weight excluding hydrogens is 222 g/mol. The smallest absolute Gasteiger partial charge is 0.0991 e. The molecule has 0 radical (unpaired) electrons. The van der Waals surface area contributed by atoms with Gasteiger partial charge in [-0.2, -0.15) is 5.26 Å². The van der Waals surface area contributed by atoms with Crippen molar-refractivity contribution < 1.29 is 0 Å². The van der Waals surface area contributed by atoms with Crippen LogP contribution in [0.4, 0.5) is 5.69 Å². The predicted octanol–water partition coefficient (Wildman–Crippen LogP) is 2.38. The fourth-order valence-corrected chi connectivity index (χ4v) is 2.48. The molecule has 1 heterocycles. The highest BCUT2D eigenvalue weighted by atomic mass is 15.2. The SMILES string of the molecule is CC1CNCC(C)(C)CN1c1ccc(C#N)cc1. The van der Waals surface area contributed by atoms with Crippen molar-refractivity contribution >= 4 is 5.69 Å². The van der Waals surface area contributed by atoms with E-state index in [9.17, 15) is 0 Å². The molecule has 96 valence electrons. The zero-order valence-corrected chi connectivity index (χ0v) is 11.4. The average molecular weight is 243 g/mol. The van der Waals surface area contributed by atoms with Gasteiger partial charge < -0.3 is 10.2 Å².